The molecular weight excluding hydrogens is 751 g/mol. The second-order valence-electron chi connectivity index (χ2n) is 11.2. The van der Waals surface area contributed by atoms with E-state index < -0.39 is 104 Å². The predicted molar refractivity (Wildman–Crippen MR) is 179 cm³/mol. The van der Waals surface area contributed by atoms with Crippen molar-refractivity contribution in [2.45, 2.75) is 16.2 Å². The molecule has 0 unspecified atom stereocenters. The Morgan fingerprint density at radius 1 is 0.885 bits per heavy atom. The quantitative estimate of drug-likeness (QED) is 0.0270. The molecule has 5 rings (SSSR count). The number of nitrogens with one attached hydrogen (secondary N) is 2. The summed E-state index contributed by atoms with van der Waals surface area (Å²) in [7, 11) is -14.4. The monoisotopic (exact) mass is 778 g/mol. The largest absolute Gasteiger partial charge is 0.478 e. The Kier molecular flexibility index (Phi) is 10.1. The summed E-state index contributed by atoms with van der Waals surface area (Å²) < 4.78 is 102. The van der Waals surface area contributed by atoms with Gasteiger partial charge in [-0.2, -0.15) is 16.8 Å². The van der Waals surface area contributed by atoms with Gasteiger partial charge in [0.1, 0.15) is 0 Å². The van der Waals surface area contributed by atoms with Crippen LogP contribution in [0.4, 0.5) is 5.69 Å². The smallest absolute Gasteiger partial charge is 0.336 e. The summed E-state index contributed by atoms with van der Waals surface area (Å²) in [6, 6.07) is 7.95. The maximum absolute atomic E-state index is 13.6. The van der Waals surface area contributed by atoms with Crippen LogP contribution in [-0.4, -0.2) is 93.4 Å². The number of nitrogens with two attached hydrogens (primary N) is 2. The van der Waals surface area contributed by atoms with Crippen LogP contribution < -0.4 is 26.5 Å². The molecule has 52 heavy (non-hydrogen) atoms. The first kappa shape index (κ1) is 37.7. The zero-order valence-corrected chi connectivity index (χ0v) is 28.8. The zero-order valence-electron chi connectivity index (χ0n) is 26.4. The van der Waals surface area contributed by atoms with E-state index in [1.54, 1.807) is 0 Å². The number of amides is 3. The number of rotatable bonds is 13. The Morgan fingerprint density at radius 2 is 1.56 bits per heavy atom. The number of aromatic carboxylic acids is 1. The Morgan fingerprint density at radius 3 is 2.17 bits per heavy atom. The molecule has 3 amide bonds. The third-order valence-electron chi connectivity index (χ3n) is 7.73. The topological polar surface area (TPSA) is 323 Å². The third kappa shape index (κ3) is 7.56. The molecule has 0 radical (unpaired) electrons. The number of nitrogens with zero attached hydrogens (tertiary/aromatic N) is 1. The van der Waals surface area contributed by atoms with E-state index in [4.69, 9.17) is 20.1 Å². The van der Waals surface area contributed by atoms with Crippen LogP contribution in [-0.2, 0) is 39.8 Å². The maximum Gasteiger partial charge on any atom is 0.336 e. The highest BCUT2D eigenvalue weighted by Gasteiger charge is 2.34. The van der Waals surface area contributed by atoms with E-state index in [0.29, 0.717) is 0 Å². The molecule has 22 heteroatoms. The molecule has 3 aliphatic rings. The number of carbonyl (C=O) groups excluding carboxylic acids is 3. The van der Waals surface area contributed by atoms with Crippen LogP contribution in [0, 0.1) is 0 Å². The average molecular weight is 779 g/mol. The van der Waals surface area contributed by atoms with E-state index >= 15 is 0 Å². The van der Waals surface area contributed by atoms with Gasteiger partial charge in [-0.3, -0.25) is 33.8 Å². The second-order valence-corrected chi connectivity index (χ2v) is 15.8. The fraction of sp³-hybridized carbons (Fsp3) is 0.167. The van der Waals surface area contributed by atoms with Crippen molar-refractivity contribution in [1.82, 2.24) is 14.9 Å². The van der Waals surface area contributed by atoms with E-state index in [2.05, 4.69) is 10.0 Å². The number of anilines is 1. The van der Waals surface area contributed by atoms with Gasteiger partial charge in [0.25, 0.3) is 48.0 Å². The number of sulfonamides is 1. The van der Waals surface area contributed by atoms with Gasteiger partial charge in [-0.05, 0) is 48.4 Å². The molecule has 0 fully saturated rings. The van der Waals surface area contributed by atoms with Gasteiger partial charge >= 0.3 is 5.97 Å². The minimum atomic E-state index is -5.22. The van der Waals surface area contributed by atoms with Crippen LogP contribution in [0.5, 0.6) is 0 Å². The normalized spacial score (nSPS) is 13.7. The van der Waals surface area contributed by atoms with Crippen molar-refractivity contribution in [3.63, 3.8) is 0 Å². The minimum absolute atomic E-state index is 0.159. The fourth-order valence-corrected chi connectivity index (χ4v) is 8.07. The number of carboxylic acid groups (broad SMARTS) is 1. The lowest BCUT2D eigenvalue weighted by Crippen LogP contribution is -2.49. The Balaban J connectivity index is 1.73. The molecule has 2 heterocycles. The minimum Gasteiger partial charge on any atom is -0.478 e. The molecule has 274 valence electrons. The molecule has 2 aromatic rings. The molecule has 0 atom stereocenters. The molecular formula is C30H28N5O14S3+. The molecule has 2 aliphatic heterocycles. The van der Waals surface area contributed by atoms with Gasteiger partial charge in [0.2, 0.25) is 5.36 Å². The second kappa shape index (κ2) is 13.9. The lowest BCUT2D eigenvalue weighted by molar-refractivity contribution is -0.176. The standard InChI is InChI=1S/C30H27N5O14S3/c31-20-6-4-17-24(19-14-15(2-3-16(19)30(39)40)29(38)33-11-12-35-22(36)8-9-23(35)37)18-5-7-21(32)28(52(46,47)48)26(18)49-25(17)27(20)51(44,45)34-10-1-13-50(41,42)43/h2-9,14,31,34H,1,10-13,32H2,(H,33,38)(H,39,40)(H,41,42,43)(H,46,47,48)/p+1. The van der Waals surface area contributed by atoms with Gasteiger partial charge < -0.3 is 20.6 Å². The van der Waals surface area contributed by atoms with Crippen LogP contribution in [0.3, 0.4) is 0 Å². The summed E-state index contributed by atoms with van der Waals surface area (Å²) >= 11 is 0. The summed E-state index contributed by atoms with van der Waals surface area (Å²) in [6.07, 6.45) is 1.75. The fourth-order valence-electron chi connectivity index (χ4n) is 5.48. The van der Waals surface area contributed by atoms with Gasteiger partial charge in [-0.15, -0.1) is 0 Å². The highest BCUT2D eigenvalue weighted by molar-refractivity contribution is 7.89. The first-order chi connectivity index (χ1) is 24.2. The van der Waals surface area contributed by atoms with Crippen molar-refractivity contribution in [3.05, 3.63) is 71.1 Å². The van der Waals surface area contributed by atoms with Crippen LogP contribution in [0.15, 0.2) is 68.8 Å². The van der Waals surface area contributed by atoms with Crippen molar-refractivity contribution in [1.29, 1.82) is 0 Å². The number of imide groups is 1. The average Bonchev–Trinajstić information content (AvgIpc) is 3.36. The van der Waals surface area contributed by atoms with Crippen molar-refractivity contribution < 1.29 is 68.5 Å². The number of nitrogen functional groups attached to an aromatic ring is 1. The predicted octanol–water partition coefficient (Wildman–Crippen LogP) is -1.40. The number of fused-ring (bicyclic) bond motifs is 2. The van der Waals surface area contributed by atoms with Crippen LogP contribution in [0.1, 0.15) is 27.1 Å². The lowest BCUT2D eigenvalue weighted by atomic mass is 9.89. The van der Waals surface area contributed by atoms with Gasteiger partial charge in [-0.1, -0.05) is 0 Å². The number of carboxylic acids is 1. The number of benzene rings is 3. The summed E-state index contributed by atoms with van der Waals surface area (Å²) in [5, 5.41) is 18.1. The number of carbonyl (C=O) groups is 4. The Labute approximate surface area is 294 Å². The highest BCUT2D eigenvalue weighted by atomic mass is 32.2. The molecule has 1 aliphatic carbocycles. The zero-order chi connectivity index (χ0) is 38.3. The van der Waals surface area contributed by atoms with Gasteiger partial charge in [-0.25, -0.2) is 17.9 Å². The summed E-state index contributed by atoms with van der Waals surface area (Å²) in [5.74, 6) is -4.94. The summed E-state index contributed by atoms with van der Waals surface area (Å²) in [4.78, 5) is 48.6. The summed E-state index contributed by atoms with van der Waals surface area (Å²) in [6.45, 7) is -0.911. The van der Waals surface area contributed by atoms with Crippen molar-refractivity contribution >= 4 is 70.6 Å². The van der Waals surface area contributed by atoms with Crippen molar-refractivity contribution in [2.24, 2.45) is 0 Å². The van der Waals surface area contributed by atoms with Crippen LogP contribution in [0.25, 0.3) is 33.4 Å². The van der Waals surface area contributed by atoms with E-state index in [9.17, 15) is 54.1 Å². The van der Waals surface area contributed by atoms with Gasteiger partial charge in [0, 0.05) is 59.9 Å². The molecule has 0 spiro atoms. The van der Waals surface area contributed by atoms with Gasteiger partial charge in [0.05, 0.1) is 17.0 Å². The van der Waals surface area contributed by atoms with Crippen molar-refractivity contribution in [3.8, 4) is 22.5 Å². The summed E-state index contributed by atoms with van der Waals surface area (Å²) in [5.41, 5.74) is 3.38. The van der Waals surface area contributed by atoms with Crippen LogP contribution in [0.2, 0.25) is 0 Å². The third-order valence-corrected chi connectivity index (χ3v) is 11.0. The maximum atomic E-state index is 13.6. The molecule has 0 saturated carbocycles. The SMILES string of the molecule is Nc1ccc2c(-c3cc(C(=O)NCCN4C(=O)C=CC4=O)ccc3C(=O)O)c3ccc(=[NH2+])c(S(=O)(=O)NCCCS(=O)(=O)O)c-3oc2c1S(=O)(=O)O. The highest BCUT2D eigenvalue weighted by Crippen LogP contribution is 2.45. The molecule has 2 aromatic carbocycles. The van der Waals surface area contributed by atoms with E-state index in [0.717, 1.165) is 47.4 Å². The number of hydrogen-bond acceptors (Lipinski definition) is 12. The van der Waals surface area contributed by atoms with E-state index in [1.807, 2.05) is 0 Å². The molecule has 19 nitrogen and oxygen atoms in total. The van der Waals surface area contributed by atoms with Gasteiger partial charge in [0.15, 0.2) is 21.1 Å². The molecule has 0 saturated heterocycles. The first-order valence-electron chi connectivity index (χ1n) is 14.7. The number of hydrogen-bond donors (Lipinski definition) is 7. The lowest BCUT2D eigenvalue weighted by Gasteiger charge is -2.20. The van der Waals surface area contributed by atoms with E-state index in [1.165, 1.54) is 12.1 Å². The molecule has 9 N–H and O–H groups in total. The Hall–Kier alpha value is -5.52. The van der Waals surface area contributed by atoms with Crippen LogP contribution >= 0.6 is 0 Å². The molecule has 0 bridgehead atoms. The first-order valence-corrected chi connectivity index (χ1v) is 19.3. The Bertz CT molecular complexity index is 2580. The van der Waals surface area contributed by atoms with E-state index in [-0.39, 0.29) is 47.2 Å². The van der Waals surface area contributed by atoms with Crippen molar-refractivity contribution in [2.75, 3.05) is 31.1 Å². The molecule has 0 aromatic heterocycles.